The number of piperidine rings is 1. The van der Waals surface area contributed by atoms with Gasteiger partial charge < -0.3 is 14.1 Å². The molecule has 136 valence electrons. The van der Waals surface area contributed by atoms with Crippen LogP contribution < -0.4 is 5.32 Å². The third-order valence-corrected chi connectivity index (χ3v) is 4.61. The van der Waals surface area contributed by atoms with Gasteiger partial charge in [-0.25, -0.2) is 4.79 Å². The van der Waals surface area contributed by atoms with Crippen molar-refractivity contribution in [1.29, 1.82) is 0 Å². The summed E-state index contributed by atoms with van der Waals surface area (Å²) in [6.07, 6.45) is 6.32. The highest BCUT2D eigenvalue weighted by Gasteiger charge is 2.33. The van der Waals surface area contributed by atoms with Gasteiger partial charge in [0.25, 0.3) is 0 Å². The Balaban J connectivity index is 1.63. The Hall–Kier alpha value is -2.28. The van der Waals surface area contributed by atoms with Crippen LogP contribution in [-0.4, -0.2) is 41.0 Å². The molecule has 1 fully saturated rings. The average molecular weight is 346 g/mol. The van der Waals surface area contributed by atoms with Crippen molar-refractivity contribution in [2.24, 2.45) is 5.92 Å². The fourth-order valence-electron chi connectivity index (χ4n) is 3.24. The van der Waals surface area contributed by atoms with E-state index >= 15 is 0 Å². The quantitative estimate of drug-likeness (QED) is 0.812. The lowest BCUT2D eigenvalue weighted by atomic mass is 9.91. The number of likely N-dealkylation sites (tertiary alicyclic amines) is 1. The first kappa shape index (κ1) is 17.5. The molecule has 2 aromatic heterocycles. The van der Waals surface area contributed by atoms with E-state index < -0.39 is 0 Å². The van der Waals surface area contributed by atoms with Crippen molar-refractivity contribution in [3.8, 4) is 0 Å². The maximum Gasteiger partial charge on any atom is 0.323 e. The maximum absolute atomic E-state index is 12.8. The van der Waals surface area contributed by atoms with Crippen molar-refractivity contribution < 1.29 is 13.9 Å². The largest absolute Gasteiger partial charge is 0.467 e. The second-order valence-corrected chi connectivity index (χ2v) is 6.59. The molecule has 2 atom stereocenters. The smallest absolute Gasteiger partial charge is 0.323 e. The van der Waals surface area contributed by atoms with Gasteiger partial charge in [0.2, 0.25) is 0 Å². The number of hydrogen-bond donors (Lipinski definition) is 1. The number of carbonyl (C=O) groups is 1. The molecule has 3 heterocycles. The molecule has 0 aromatic carbocycles. The van der Waals surface area contributed by atoms with Crippen molar-refractivity contribution in [3.63, 3.8) is 0 Å². The van der Waals surface area contributed by atoms with Gasteiger partial charge >= 0.3 is 6.03 Å². The van der Waals surface area contributed by atoms with Gasteiger partial charge in [-0.1, -0.05) is 6.92 Å². The predicted molar refractivity (Wildman–Crippen MR) is 94.3 cm³/mol. The number of carbonyl (C=O) groups excluding carboxylic acids is 1. The minimum atomic E-state index is -0.129. The Morgan fingerprint density at radius 1 is 1.48 bits per heavy atom. The normalized spacial score (nSPS) is 20.6. The molecule has 0 aliphatic carbocycles. The first-order valence-electron chi connectivity index (χ1n) is 8.81. The van der Waals surface area contributed by atoms with Gasteiger partial charge in [0.1, 0.15) is 5.76 Å². The summed E-state index contributed by atoms with van der Waals surface area (Å²) in [4.78, 5) is 14.6. The Morgan fingerprint density at radius 2 is 2.36 bits per heavy atom. The van der Waals surface area contributed by atoms with E-state index in [0.29, 0.717) is 24.9 Å². The number of hydrogen-bond acceptors (Lipinski definition) is 4. The first-order valence-corrected chi connectivity index (χ1v) is 8.81. The molecule has 0 saturated carbocycles. The zero-order chi connectivity index (χ0) is 17.6. The van der Waals surface area contributed by atoms with E-state index in [9.17, 15) is 4.79 Å². The number of anilines is 1. The molecule has 0 bridgehead atoms. The first-order chi connectivity index (χ1) is 12.2. The molecule has 3 rings (SSSR count). The van der Waals surface area contributed by atoms with Crippen LogP contribution in [-0.2, 0) is 11.3 Å². The standard InChI is InChI=1S/C18H26N4O3/c1-14-6-10-22(15(13-14)16-5-3-12-25-16)18(23)19-17-7-9-21(20-17)8-4-11-24-2/h3,5,7,9,12,14-15H,4,6,8,10-11,13H2,1-2H3,(H,19,20,23). The van der Waals surface area contributed by atoms with E-state index in [2.05, 4.69) is 17.3 Å². The molecule has 0 radical (unpaired) electrons. The van der Waals surface area contributed by atoms with Gasteiger partial charge in [0.05, 0.1) is 12.3 Å². The maximum atomic E-state index is 12.8. The van der Waals surface area contributed by atoms with E-state index in [1.807, 2.05) is 34.0 Å². The van der Waals surface area contributed by atoms with Crippen LogP contribution in [0.15, 0.2) is 35.1 Å². The van der Waals surface area contributed by atoms with Gasteiger partial charge in [0, 0.05) is 39.1 Å². The number of ether oxygens (including phenoxy) is 1. The second-order valence-electron chi connectivity index (χ2n) is 6.59. The fraction of sp³-hybridized carbons (Fsp3) is 0.556. The molecular weight excluding hydrogens is 320 g/mol. The van der Waals surface area contributed by atoms with Crippen molar-refractivity contribution in [3.05, 3.63) is 36.4 Å². The summed E-state index contributed by atoms with van der Waals surface area (Å²) < 4.78 is 12.4. The van der Waals surface area contributed by atoms with E-state index in [-0.39, 0.29) is 12.1 Å². The molecule has 1 aliphatic rings. The van der Waals surface area contributed by atoms with E-state index in [0.717, 1.165) is 31.6 Å². The Bertz CT molecular complexity index is 668. The van der Waals surface area contributed by atoms with Crippen LogP contribution in [0.3, 0.4) is 0 Å². The van der Waals surface area contributed by atoms with Gasteiger partial charge in [0.15, 0.2) is 5.82 Å². The predicted octanol–water partition coefficient (Wildman–Crippen LogP) is 3.52. The number of furan rings is 1. The van der Waals surface area contributed by atoms with Crippen molar-refractivity contribution in [2.75, 3.05) is 25.6 Å². The number of rotatable bonds is 6. The fourth-order valence-corrected chi connectivity index (χ4v) is 3.24. The van der Waals surface area contributed by atoms with Gasteiger partial charge in [-0.2, -0.15) is 5.10 Å². The highest BCUT2D eigenvalue weighted by molar-refractivity contribution is 5.88. The van der Waals surface area contributed by atoms with E-state index in [1.165, 1.54) is 0 Å². The lowest BCUT2D eigenvalue weighted by molar-refractivity contribution is 0.129. The highest BCUT2D eigenvalue weighted by Crippen LogP contribution is 2.34. The summed E-state index contributed by atoms with van der Waals surface area (Å²) in [7, 11) is 1.68. The summed E-state index contributed by atoms with van der Waals surface area (Å²) in [6.45, 7) is 4.39. The summed E-state index contributed by atoms with van der Waals surface area (Å²) >= 11 is 0. The van der Waals surface area contributed by atoms with Gasteiger partial charge in [-0.05, 0) is 37.3 Å². The monoisotopic (exact) mass is 346 g/mol. The van der Waals surface area contributed by atoms with Crippen LogP contribution in [0.1, 0.15) is 38.0 Å². The second kappa shape index (κ2) is 8.20. The molecule has 7 heteroatoms. The zero-order valence-corrected chi connectivity index (χ0v) is 14.9. The number of aryl methyl sites for hydroxylation is 1. The van der Waals surface area contributed by atoms with Crippen LogP contribution in [0, 0.1) is 5.92 Å². The molecule has 2 amide bonds. The van der Waals surface area contributed by atoms with Crippen LogP contribution in [0.25, 0.3) is 0 Å². The lowest BCUT2D eigenvalue weighted by Gasteiger charge is -2.37. The number of urea groups is 1. The average Bonchev–Trinajstić information content (AvgIpc) is 3.27. The minimum absolute atomic E-state index is 0.0254. The third kappa shape index (κ3) is 4.42. The Labute approximate surface area is 147 Å². The number of nitrogens with zero attached hydrogens (tertiary/aromatic N) is 3. The van der Waals surface area contributed by atoms with Crippen molar-refractivity contribution in [2.45, 2.75) is 38.8 Å². The highest BCUT2D eigenvalue weighted by atomic mass is 16.5. The number of methoxy groups -OCH3 is 1. The SMILES string of the molecule is COCCCn1ccc(NC(=O)N2CCC(C)CC2c2ccco2)n1. The Morgan fingerprint density at radius 3 is 3.12 bits per heavy atom. The lowest BCUT2D eigenvalue weighted by Crippen LogP contribution is -2.42. The van der Waals surface area contributed by atoms with E-state index in [1.54, 1.807) is 13.4 Å². The zero-order valence-electron chi connectivity index (χ0n) is 14.9. The van der Waals surface area contributed by atoms with Gasteiger partial charge in [-0.3, -0.25) is 10.00 Å². The molecule has 0 spiro atoms. The summed E-state index contributed by atoms with van der Waals surface area (Å²) in [5.74, 6) is 1.98. The minimum Gasteiger partial charge on any atom is -0.467 e. The molecular formula is C18H26N4O3. The molecule has 2 unspecified atom stereocenters. The van der Waals surface area contributed by atoms with Crippen LogP contribution in [0.5, 0.6) is 0 Å². The Kier molecular flexibility index (Phi) is 5.75. The van der Waals surface area contributed by atoms with Crippen LogP contribution in [0.2, 0.25) is 0 Å². The molecule has 1 saturated heterocycles. The number of amides is 2. The van der Waals surface area contributed by atoms with Crippen molar-refractivity contribution in [1.82, 2.24) is 14.7 Å². The topological polar surface area (TPSA) is 72.5 Å². The summed E-state index contributed by atoms with van der Waals surface area (Å²) in [5, 5.41) is 7.31. The molecule has 1 N–H and O–H groups in total. The van der Waals surface area contributed by atoms with E-state index in [4.69, 9.17) is 9.15 Å². The van der Waals surface area contributed by atoms with Gasteiger partial charge in [-0.15, -0.1) is 0 Å². The summed E-state index contributed by atoms with van der Waals surface area (Å²) in [6, 6.07) is 5.47. The number of nitrogens with one attached hydrogen (secondary N) is 1. The third-order valence-electron chi connectivity index (χ3n) is 4.61. The van der Waals surface area contributed by atoms with Crippen LogP contribution in [0.4, 0.5) is 10.6 Å². The molecule has 2 aromatic rings. The molecule has 1 aliphatic heterocycles. The summed E-state index contributed by atoms with van der Waals surface area (Å²) in [5.41, 5.74) is 0. The van der Waals surface area contributed by atoms with Crippen molar-refractivity contribution >= 4 is 11.8 Å². The van der Waals surface area contributed by atoms with Crippen LogP contribution >= 0.6 is 0 Å². The number of aromatic nitrogens is 2. The molecule has 25 heavy (non-hydrogen) atoms. The molecule has 7 nitrogen and oxygen atoms in total.